The Morgan fingerprint density at radius 2 is 1.14 bits per heavy atom. The summed E-state index contributed by atoms with van der Waals surface area (Å²) in [6, 6.07) is 1.38. The fourth-order valence-electron chi connectivity index (χ4n) is 11.8. The molecule has 0 aromatic heterocycles. The number of amides is 2. The number of likely N-dealkylation sites (tertiary alicyclic amines) is 1. The van der Waals surface area contributed by atoms with Gasteiger partial charge in [0.05, 0.1) is 5.34 Å². The lowest BCUT2D eigenvalue weighted by Gasteiger charge is -2.54. The molecule has 0 unspecified atom stereocenters. The van der Waals surface area contributed by atoms with E-state index in [0.717, 1.165) is 56.4 Å². The smallest absolute Gasteiger partial charge is 0.410 e. The van der Waals surface area contributed by atoms with Crippen molar-refractivity contribution in [3.05, 3.63) is 0 Å². The number of nitrogens with zero attached hydrogens (tertiary/aromatic N) is 2. The van der Waals surface area contributed by atoms with Gasteiger partial charge in [0, 0.05) is 62.3 Å². The number of halogens is 3. The van der Waals surface area contributed by atoms with Crippen molar-refractivity contribution in [2.24, 2.45) is 59.2 Å². The maximum atomic E-state index is 12.2. The number of rotatable bonds is 8. The molecule has 10 nitrogen and oxygen atoms in total. The number of carbonyl (C=O) groups is 3. The van der Waals surface area contributed by atoms with Crippen LogP contribution in [0.4, 0.5) is 14.4 Å². The average molecular weight is 879 g/mol. The van der Waals surface area contributed by atoms with Gasteiger partial charge in [-0.05, 0) is 179 Å². The van der Waals surface area contributed by atoms with Gasteiger partial charge < -0.3 is 29.7 Å². The van der Waals surface area contributed by atoms with Crippen LogP contribution in [0.25, 0.3) is 0 Å². The van der Waals surface area contributed by atoms with Gasteiger partial charge >= 0.3 is 17.6 Å². The summed E-state index contributed by atoms with van der Waals surface area (Å²) in [6.07, 6.45) is 14.5. The third-order valence-electron chi connectivity index (χ3n) is 14.0. The quantitative estimate of drug-likeness (QED) is 0.141. The van der Waals surface area contributed by atoms with Gasteiger partial charge in [-0.15, -0.1) is 23.2 Å². The van der Waals surface area contributed by atoms with E-state index in [-0.39, 0.29) is 29.7 Å². The van der Waals surface area contributed by atoms with Crippen molar-refractivity contribution in [1.29, 1.82) is 0 Å². The molecular weight excluding hydrogens is 799 g/mol. The maximum Gasteiger partial charge on any atom is 0.410 e. The first-order chi connectivity index (χ1) is 27.4. The van der Waals surface area contributed by atoms with E-state index in [9.17, 15) is 14.4 Å². The van der Waals surface area contributed by atoms with E-state index in [1.54, 1.807) is 0 Å². The van der Waals surface area contributed by atoms with E-state index < -0.39 is 11.0 Å². The normalized spacial score (nSPS) is 32.6. The third kappa shape index (κ3) is 15.0. The Kier molecular flexibility index (Phi) is 19.9. The molecule has 0 spiro atoms. The second-order valence-corrected chi connectivity index (χ2v) is 21.4. The summed E-state index contributed by atoms with van der Waals surface area (Å²) in [5.74, 6) is 7.63. The molecule has 8 aliphatic carbocycles. The van der Waals surface area contributed by atoms with Crippen LogP contribution in [0.5, 0.6) is 0 Å². The van der Waals surface area contributed by atoms with Gasteiger partial charge in [-0.3, -0.25) is 4.90 Å². The number of hydrogen-bond donors (Lipinski definition) is 2. The summed E-state index contributed by atoms with van der Waals surface area (Å²) in [5, 5.41) is 6.08. The highest BCUT2D eigenvalue weighted by Crippen LogP contribution is 2.56. The Bertz CT molecular complexity index is 1210. The predicted molar refractivity (Wildman–Crippen MR) is 236 cm³/mol. The molecule has 0 aromatic rings. The Labute approximate surface area is 366 Å². The van der Waals surface area contributed by atoms with E-state index >= 15 is 0 Å². The van der Waals surface area contributed by atoms with Crippen molar-refractivity contribution in [3.63, 3.8) is 0 Å². The zero-order valence-corrected chi connectivity index (χ0v) is 39.6. The predicted octanol–water partition coefficient (Wildman–Crippen LogP) is 10.8. The van der Waals surface area contributed by atoms with Crippen LogP contribution in [-0.4, -0.2) is 102 Å². The van der Waals surface area contributed by atoms with Crippen molar-refractivity contribution >= 4 is 52.4 Å². The van der Waals surface area contributed by atoms with Crippen molar-refractivity contribution in [1.82, 2.24) is 20.4 Å². The second-order valence-electron chi connectivity index (χ2n) is 20.2. The first-order valence-electron chi connectivity index (χ1n) is 22.8. The minimum atomic E-state index is -0.609. The molecule has 2 heterocycles. The average Bonchev–Trinajstić information content (AvgIpc) is 3.07. The van der Waals surface area contributed by atoms with Crippen LogP contribution >= 0.6 is 34.8 Å². The van der Waals surface area contributed by atoms with Crippen molar-refractivity contribution in [2.45, 2.75) is 163 Å². The van der Waals surface area contributed by atoms with Gasteiger partial charge in [0.1, 0.15) is 17.8 Å². The molecule has 2 N–H and O–H groups in total. The molecule has 2 saturated heterocycles. The molecule has 0 atom stereocenters. The number of nitrogens with one attached hydrogen (secondary N) is 2. The number of alkyl halides is 2. The van der Waals surface area contributed by atoms with Crippen molar-refractivity contribution in [3.8, 4) is 0 Å². The summed E-state index contributed by atoms with van der Waals surface area (Å²) < 4.78 is 16.3. The maximum absolute atomic E-state index is 12.2. The van der Waals surface area contributed by atoms with Crippen LogP contribution in [-0.2, 0) is 14.2 Å². The van der Waals surface area contributed by atoms with Gasteiger partial charge in [0.2, 0.25) is 0 Å². The van der Waals surface area contributed by atoms with Gasteiger partial charge in [0.25, 0.3) is 0 Å². The first kappa shape index (κ1) is 49.5. The summed E-state index contributed by atoms with van der Waals surface area (Å²) in [4.78, 5) is 38.5. The minimum absolute atomic E-state index is 0.0258. The molecule has 8 bridgehead atoms. The lowest BCUT2D eigenvalue weighted by molar-refractivity contribution is -0.107. The number of ether oxygens (including phenoxy) is 3. The Morgan fingerprint density at radius 1 is 0.724 bits per heavy atom. The van der Waals surface area contributed by atoms with E-state index in [2.05, 4.69) is 57.1 Å². The molecule has 0 aromatic carbocycles. The minimum Gasteiger partial charge on any atom is -0.450 e. The van der Waals surface area contributed by atoms with Crippen LogP contribution in [0.3, 0.4) is 0 Å². The monoisotopic (exact) mass is 877 g/mol. The molecule has 58 heavy (non-hydrogen) atoms. The Hall–Kier alpha value is -1.20. The van der Waals surface area contributed by atoms with Gasteiger partial charge in [-0.25, -0.2) is 14.4 Å². The highest BCUT2D eigenvalue weighted by molar-refractivity contribution is 6.61. The lowest BCUT2D eigenvalue weighted by atomic mass is 9.55. The molecule has 10 fully saturated rings. The van der Waals surface area contributed by atoms with Crippen LogP contribution in [0, 0.1) is 59.2 Å². The highest BCUT2D eigenvalue weighted by Gasteiger charge is 2.51. The van der Waals surface area contributed by atoms with Crippen LogP contribution < -0.4 is 10.6 Å². The van der Waals surface area contributed by atoms with E-state index in [1.807, 2.05) is 25.7 Å². The molecule has 10 aliphatic rings. The summed E-state index contributed by atoms with van der Waals surface area (Å²) in [7, 11) is 0. The standard InChI is InChI=1S/C16H25NO2.C11H15ClO2.C9H18N2O2.C8H19N.CH2Cl2/c1-2-10-8-17(9-10)16(18)19-15-13-4-11-3-12(6-13)7-14(15)5-11;12-11(13)14-10-8-2-6-1-7(4-8)5-9(10)3-6;1-9(2,3)13-8(12)11-6-7-4-10-5-7;1-6-9(7(2)3)8(4)5;2-1-3/h10-15H,2-9H2,1H3;6-10H,1-5H2;7,10H,4-6H2,1-3H3,(H,11,12);7-8H,6H2,1-5H3;1H2. The molecule has 10 rings (SSSR count). The second kappa shape index (κ2) is 23.3. The lowest BCUT2D eigenvalue weighted by Crippen LogP contribution is -2.54. The molecule has 13 heteroatoms. The van der Waals surface area contributed by atoms with Crippen LogP contribution in [0.15, 0.2) is 0 Å². The van der Waals surface area contributed by atoms with E-state index in [1.165, 1.54) is 70.6 Å². The Balaban J connectivity index is 0.000000173. The molecule has 0 radical (unpaired) electrons. The van der Waals surface area contributed by atoms with E-state index in [0.29, 0.717) is 54.1 Å². The summed E-state index contributed by atoms with van der Waals surface area (Å²) in [5.41, 5.74) is -1.01. The molecular formula is C45H79Cl3N4O6. The fraction of sp³-hybridized carbons (Fsp3) is 0.933. The largest absolute Gasteiger partial charge is 0.450 e. The Morgan fingerprint density at radius 3 is 1.43 bits per heavy atom. The number of hydrogen-bond acceptors (Lipinski definition) is 8. The topological polar surface area (TPSA) is 109 Å². The molecule has 8 saturated carbocycles. The van der Waals surface area contributed by atoms with Gasteiger partial charge in [0.15, 0.2) is 0 Å². The van der Waals surface area contributed by atoms with Crippen LogP contribution in [0.2, 0.25) is 0 Å². The highest BCUT2D eigenvalue weighted by atomic mass is 35.5. The third-order valence-corrected chi connectivity index (χ3v) is 14.1. The van der Waals surface area contributed by atoms with E-state index in [4.69, 9.17) is 49.0 Å². The van der Waals surface area contributed by atoms with Crippen LogP contribution in [0.1, 0.15) is 133 Å². The molecule has 2 amide bonds. The number of carbonyl (C=O) groups excluding carboxylic acids is 3. The first-order valence-corrected chi connectivity index (χ1v) is 24.2. The number of alkyl carbamates (subject to hydrolysis) is 1. The van der Waals surface area contributed by atoms with Crippen molar-refractivity contribution in [2.75, 3.05) is 44.6 Å². The molecule has 2 aliphatic heterocycles. The molecule has 336 valence electrons. The zero-order valence-electron chi connectivity index (χ0n) is 37.3. The summed E-state index contributed by atoms with van der Waals surface area (Å²) >= 11 is 14.8. The van der Waals surface area contributed by atoms with Crippen molar-refractivity contribution < 1.29 is 28.6 Å². The SMILES string of the molecule is CC(C)(C)OC(=O)NCC1CNC1.CCC1CN(C(=O)OC2C3CC4CC(C3)CC2C4)C1.CCN(C(C)C)C(C)C.ClCCl.O=C(Cl)OC1C2CC3CC(C2)CC1C3. The zero-order chi connectivity index (χ0) is 42.7. The fourth-order valence-corrected chi connectivity index (χ4v) is 11.9. The summed E-state index contributed by atoms with van der Waals surface area (Å²) in [6.45, 7) is 24.6. The van der Waals surface area contributed by atoms with Gasteiger partial charge in [-0.1, -0.05) is 13.8 Å². The van der Waals surface area contributed by atoms with Gasteiger partial charge in [-0.2, -0.15) is 0 Å².